The van der Waals surface area contributed by atoms with Crippen LogP contribution in [0.1, 0.15) is 69.9 Å². The maximum Gasteiger partial charge on any atom is 0.323 e. The van der Waals surface area contributed by atoms with Crippen LogP contribution in [-0.2, 0) is 22.6 Å². The number of benzene rings is 1. The second kappa shape index (κ2) is 11.3. The molecule has 1 aromatic rings. The molecular formula is C22H36N2O2. The monoisotopic (exact) mass is 360 g/mol. The van der Waals surface area contributed by atoms with Gasteiger partial charge in [-0.2, -0.15) is 0 Å². The molecule has 1 atom stereocenters. The van der Waals surface area contributed by atoms with Crippen molar-refractivity contribution in [3.05, 3.63) is 35.4 Å². The lowest BCUT2D eigenvalue weighted by Crippen LogP contribution is -2.44. The predicted molar refractivity (Wildman–Crippen MR) is 107 cm³/mol. The van der Waals surface area contributed by atoms with Crippen molar-refractivity contribution in [2.24, 2.45) is 17.6 Å². The summed E-state index contributed by atoms with van der Waals surface area (Å²) >= 11 is 0. The summed E-state index contributed by atoms with van der Waals surface area (Å²) in [5, 5.41) is 3.49. The summed E-state index contributed by atoms with van der Waals surface area (Å²) in [6.07, 6.45) is 7.83. The predicted octanol–water partition coefficient (Wildman–Crippen LogP) is 4.16. The summed E-state index contributed by atoms with van der Waals surface area (Å²) < 4.78 is 5.59. The van der Waals surface area contributed by atoms with Gasteiger partial charge in [0.1, 0.15) is 6.04 Å². The molecule has 146 valence electrons. The number of ether oxygens (including phenoxy) is 1. The highest BCUT2D eigenvalue weighted by atomic mass is 16.5. The van der Waals surface area contributed by atoms with E-state index in [1.165, 1.54) is 18.4 Å². The Bertz CT molecular complexity index is 521. The topological polar surface area (TPSA) is 64.3 Å². The fourth-order valence-electron chi connectivity index (χ4n) is 3.70. The molecule has 0 unspecified atom stereocenters. The molecule has 3 N–H and O–H groups in total. The highest BCUT2D eigenvalue weighted by molar-refractivity contribution is 5.76. The van der Waals surface area contributed by atoms with Gasteiger partial charge in [0.25, 0.3) is 0 Å². The van der Waals surface area contributed by atoms with Crippen molar-refractivity contribution in [2.75, 3.05) is 6.61 Å². The molecule has 0 heterocycles. The summed E-state index contributed by atoms with van der Waals surface area (Å²) in [6.45, 7) is 6.25. The Hall–Kier alpha value is -1.39. The highest BCUT2D eigenvalue weighted by Crippen LogP contribution is 2.31. The number of unbranched alkanes of at least 4 members (excludes halogenated alkanes) is 2. The van der Waals surface area contributed by atoms with Gasteiger partial charge in [0.05, 0.1) is 6.61 Å². The Labute approximate surface area is 158 Å². The fourth-order valence-corrected chi connectivity index (χ4v) is 3.70. The molecule has 26 heavy (non-hydrogen) atoms. The van der Waals surface area contributed by atoms with Crippen LogP contribution in [0.2, 0.25) is 0 Å². The molecule has 0 bridgehead atoms. The van der Waals surface area contributed by atoms with Gasteiger partial charge in [-0.05, 0) is 42.2 Å². The minimum absolute atomic E-state index is 0.0702. The largest absolute Gasteiger partial charge is 0.465 e. The molecule has 0 aliphatic heterocycles. The van der Waals surface area contributed by atoms with Crippen molar-refractivity contribution in [1.82, 2.24) is 5.32 Å². The normalized spacial score (nSPS) is 21.3. The molecule has 0 saturated heterocycles. The van der Waals surface area contributed by atoms with E-state index in [9.17, 15) is 4.79 Å². The minimum atomic E-state index is -0.196. The van der Waals surface area contributed by atoms with Crippen LogP contribution in [0.4, 0.5) is 0 Å². The summed E-state index contributed by atoms with van der Waals surface area (Å²) in [7, 11) is 0. The van der Waals surface area contributed by atoms with Gasteiger partial charge >= 0.3 is 5.97 Å². The Morgan fingerprint density at radius 1 is 1.15 bits per heavy atom. The number of esters is 1. The molecule has 1 aromatic carbocycles. The molecule has 4 heteroatoms. The zero-order valence-corrected chi connectivity index (χ0v) is 16.5. The summed E-state index contributed by atoms with van der Waals surface area (Å²) in [5.74, 6) is 1.09. The SMILES string of the molecule is CCCCCOC(=O)[C@@H](NCc1ccc(CN)cc1)C1CCC(C)CC1. The molecule has 0 amide bonds. The van der Waals surface area contributed by atoms with Crippen molar-refractivity contribution in [1.29, 1.82) is 0 Å². The van der Waals surface area contributed by atoms with Crippen molar-refractivity contribution >= 4 is 5.97 Å². The van der Waals surface area contributed by atoms with E-state index in [0.29, 0.717) is 25.6 Å². The smallest absolute Gasteiger partial charge is 0.323 e. The molecule has 1 aliphatic rings. The molecule has 4 nitrogen and oxygen atoms in total. The van der Waals surface area contributed by atoms with Crippen LogP contribution >= 0.6 is 0 Å². The van der Waals surface area contributed by atoms with Gasteiger partial charge < -0.3 is 15.8 Å². The number of hydrogen-bond donors (Lipinski definition) is 2. The number of hydrogen-bond acceptors (Lipinski definition) is 4. The molecule has 1 fully saturated rings. The Morgan fingerprint density at radius 3 is 2.42 bits per heavy atom. The van der Waals surface area contributed by atoms with Crippen molar-refractivity contribution in [3.63, 3.8) is 0 Å². The number of carbonyl (C=O) groups is 1. The lowest BCUT2D eigenvalue weighted by atomic mass is 9.79. The van der Waals surface area contributed by atoms with Gasteiger partial charge in [0.2, 0.25) is 0 Å². The van der Waals surface area contributed by atoms with Gasteiger partial charge in [-0.3, -0.25) is 4.79 Å². The molecular weight excluding hydrogens is 324 g/mol. The highest BCUT2D eigenvalue weighted by Gasteiger charge is 2.31. The maximum atomic E-state index is 12.7. The van der Waals surface area contributed by atoms with Crippen LogP contribution in [0.5, 0.6) is 0 Å². The van der Waals surface area contributed by atoms with Crippen LogP contribution in [-0.4, -0.2) is 18.6 Å². The van der Waals surface area contributed by atoms with Crippen LogP contribution in [0, 0.1) is 11.8 Å². The van der Waals surface area contributed by atoms with Crippen molar-refractivity contribution in [3.8, 4) is 0 Å². The van der Waals surface area contributed by atoms with Gasteiger partial charge in [0.15, 0.2) is 0 Å². The van der Waals surface area contributed by atoms with E-state index in [2.05, 4.69) is 43.4 Å². The van der Waals surface area contributed by atoms with Crippen molar-refractivity contribution in [2.45, 2.75) is 77.9 Å². The maximum absolute atomic E-state index is 12.7. The summed E-state index contributed by atoms with van der Waals surface area (Å²) in [4.78, 5) is 12.7. The minimum Gasteiger partial charge on any atom is -0.465 e. The average molecular weight is 361 g/mol. The lowest BCUT2D eigenvalue weighted by molar-refractivity contribution is -0.148. The first-order chi connectivity index (χ1) is 12.6. The van der Waals surface area contributed by atoms with Crippen LogP contribution in [0.15, 0.2) is 24.3 Å². The Kier molecular flexibility index (Phi) is 9.13. The second-order valence-electron chi connectivity index (χ2n) is 7.77. The number of nitrogens with two attached hydrogens (primary N) is 1. The first kappa shape index (κ1) is 20.9. The molecule has 0 spiro atoms. The van der Waals surface area contributed by atoms with E-state index >= 15 is 0 Å². The zero-order valence-electron chi connectivity index (χ0n) is 16.5. The average Bonchev–Trinajstić information content (AvgIpc) is 2.67. The zero-order chi connectivity index (χ0) is 18.8. The molecule has 1 saturated carbocycles. The number of nitrogens with one attached hydrogen (secondary N) is 1. The molecule has 2 rings (SSSR count). The third kappa shape index (κ3) is 6.73. The summed E-state index contributed by atoms with van der Waals surface area (Å²) in [6, 6.07) is 8.08. The van der Waals surface area contributed by atoms with Crippen LogP contribution < -0.4 is 11.1 Å². The molecule has 0 radical (unpaired) electrons. The van der Waals surface area contributed by atoms with E-state index in [1.54, 1.807) is 0 Å². The Balaban J connectivity index is 1.93. The number of carbonyl (C=O) groups excluding carboxylic acids is 1. The van der Waals surface area contributed by atoms with Gasteiger partial charge in [0, 0.05) is 13.1 Å². The Morgan fingerprint density at radius 2 is 1.81 bits per heavy atom. The third-order valence-corrected chi connectivity index (χ3v) is 5.56. The van der Waals surface area contributed by atoms with Gasteiger partial charge in [-0.1, -0.05) is 63.8 Å². The lowest BCUT2D eigenvalue weighted by Gasteiger charge is -2.32. The fraction of sp³-hybridized carbons (Fsp3) is 0.682. The van der Waals surface area contributed by atoms with Crippen LogP contribution in [0.3, 0.4) is 0 Å². The standard InChI is InChI=1S/C22H36N2O2/c1-3-4-5-14-26-22(25)21(20-12-6-17(2)7-13-20)24-16-19-10-8-18(15-23)9-11-19/h8-11,17,20-21,24H,3-7,12-16,23H2,1-2H3/t17?,20?,21-/m0/s1. The van der Waals surface area contributed by atoms with E-state index in [-0.39, 0.29) is 12.0 Å². The number of rotatable bonds is 10. The van der Waals surface area contributed by atoms with E-state index in [1.807, 2.05) is 0 Å². The first-order valence-electron chi connectivity index (χ1n) is 10.3. The molecule has 1 aliphatic carbocycles. The molecule has 0 aromatic heterocycles. The summed E-state index contributed by atoms with van der Waals surface area (Å²) in [5.41, 5.74) is 7.96. The second-order valence-corrected chi connectivity index (χ2v) is 7.77. The van der Waals surface area contributed by atoms with Crippen LogP contribution in [0.25, 0.3) is 0 Å². The van der Waals surface area contributed by atoms with Gasteiger partial charge in [-0.15, -0.1) is 0 Å². The van der Waals surface area contributed by atoms with E-state index in [4.69, 9.17) is 10.5 Å². The van der Waals surface area contributed by atoms with Crippen molar-refractivity contribution < 1.29 is 9.53 Å². The van der Waals surface area contributed by atoms with E-state index < -0.39 is 0 Å². The third-order valence-electron chi connectivity index (χ3n) is 5.56. The van der Waals surface area contributed by atoms with E-state index in [0.717, 1.165) is 43.6 Å². The first-order valence-corrected chi connectivity index (χ1v) is 10.3. The van der Waals surface area contributed by atoms with Gasteiger partial charge in [-0.25, -0.2) is 0 Å². The quantitative estimate of drug-likeness (QED) is 0.486.